The number of nitrogens with one attached hydrogen (secondary N) is 15. The number of benzene rings is 1. The highest BCUT2D eigenvalue weighted by atomic mass is 16.4. The maximum absolute atomic E-state index is 14.4. The molecule has 644 valence electrons. The first-order valence-corrected chi connectivity index (χ1v) is 36.2. The minimum absolute atomic E-state index is 0.0123. The molecule has 0 aliphatic heterocycles. The smallest absolute Gasteiger partial charge is 0.326 e. The summed E-state index contributed by atoms with van der Waals surface area (Å²) in [6.07, 6.45) is -10.3. The summed E-state index contributed by atoms with van der Waals surface area (Å²) in [7, 11) is 0. The summed E-state index contributed by atoms with van der Waals surface area (Å²) in [6.45, 7) is 0.276. The summed E-state index contributed by atoms with van der Waals surface area (Å²) in [5, 5.41) is 67.8. The van der Waals surface area contributed by atoms with E-state index in [0.717, 1.165) is 0 Å². The molecule has 49 heteroatoms. The average Bonchev–Trinajstić information content (AvgIpc) is 0.855. The topological polar surface area (TPSA) is 863 Å². The zero-order valence-electron chi connectivity index (χ0n) is 63.7. The number of primary amides is 7. The number of carboxylic acid groups (broad SMARTS) is 2. The van der Waals surface area contributed by atoms with Gasteiger partial charge in [-0.2, -0.15) is 0 Å². The number of hydrogen-bond acceptors (Lipinski definition) is 25. The second-order valence-electron chi connectivity index (χ2n) is 26.5. The van der Waals surface area contributed by atoms with E-state index in [2.05, 4.69) is 69.1 Å². The lowest BCUT2D eigenvalue weighted by Gasteiger charge is -2.28. The zero-order chi connectivity index (χ0) is 88.1. The molecule has 0 radical (unpaired) electrons. The Kier molecular flexibility index (Phi) is 45.9. The highest BCUT2D eigenvalue weighted by Gasteiger charge is 2.38. The van der Waals surface area contributed by atoms with Gasteiger partial charge < -0.3 is 141 Å². The molecule has 0 aliphatic carbocycles. The fourth-order valence-corrected chi connectivity index (χ4v) is 10.3. The van der Waals surface area contributed by atoms with Gasteiger partial charge >= 0.3 is 11.9 Å². The van der Waals surface area contributed by atoms with Gasteiger partial charge in [0, 0.05) is 57.9 Å². The van der Waals surface area contributed by atoms with Crippen molar-refractivity contribution in [3.05, 3.63) is 35.9 Å². The van der Waals surface area contributed by atoms with Crippen LogP contribution >= 0.6 is 0 Å². The Balaban J connectivity index is 3.71. The van der Waals surface area contributed by atoms with Crippen LogP contribution in [-0.4, -0.2) is 250 Å². The van der Waals surface area contributed by atoms with E-state index >= 15 is 0 Å². The Hall–Kier alpha value is -13.2. The first kappa shape index (κ1) is 101. The molecule has 0 spiro atoms. The van der Waals surface area contributed by atoms with Gasteiger partial charge in [-0.1, -0.05) is 50.6 Å². The molecule has 13 atom stereocenters. The quantitative estimate of drug-likeness (QED) is 0.0164. The van der Waals surface area contributed by atoms with Gasteiger partial charge in [-0.15, -0.1) is 0 Å². The molecule has 0 bridgehead atoms. The molecule has 0 saturated heterocycles. The standard InChI is InChI=1S/C67H106N24O25/c1-3-31(2)54(75)65(114)89-40(17-24-50(74)99)62(111)87-38(15-22-48(72)97)60(109)85-36(13-20-46(70)95)58(107)83-34(11-18-44(68)93)57(106)84-35(12-19-45(69)94)59(108)86-37(14-21-47(71)96)61(110)88-39(16-23-49(73)98)63(112)91-43(30-92)64(113)90-41(26-32-8-5-4-6-9-32)56(105)80-28-51(100)81-33(10-7-25-78-67(76)77)55(104)79-29-52(101)82-42(66(115)116)27-53(102)103/h4-6,8-9,31,33-43,54,92H,3,7,10-30,75H2,1-2H3,(H2,68,93)(H2,69,94)(H2,70,95)(H2,71,96)(H2,72,97)(H2,73,98)(H2,74,99)(H,79,104)(H,80,105)(H,81,100)(H,82,101)(H,83,107)(H,84,106)(H,85,109)(H,86,108)(H,87,111)(H,88,110)(H,89,114)(H,90,113)(H,91,112)(H,102,103)(H,115,116)(H4,76,77,78)/t31-,33-,34-,35-,36-,37-,38-,39-,40-,41-,42-,43-,54-/m0/s1. The number of hydrogen-bond donors (Lipinski definition) is 27. The highest BCUT2D eigenvalue weighted by molar-refractivity contribution is 6.01. The largest absolute Gasteiger partial charge is 0.481 e. The number of aliphatic carboxylic acids is 2. The third kappa shape index (κ3) is 41.9. The van der Waals surface area contributed by atoms with E-state index in [1.807, 2.05) is 5.32 Å². The van der Waals surface area contributed by atoms with E-state index in [-0.39, 0.29) is 25.8 Å². The molecular weight excluding hydrogens is 1540 g/mol. The van der Waals surface area contributed by atoms with Crippen LogP contribution in [0.1, 0.15) is 135 Å². The molecule has 0 saturated carbocycles. The summed E-state index contributed by atoms with van der Waals surface area (Å²) in [6, 6.07) is -13.7. The number of rotatable bonds is 59. The maximum atomic E-state index is 14.4. The normalized spacial score (nSPS) is 14.1. The number of aliphatic hydroxyl groups excluding tert-OH is 1. The van der Waals surface area contributed by atoms with E-state index in [1.54, 1.807) is 32.0 Å². The summed E-state index contributed by atoms with van der Waals surface area (Å²) in [4.78, 5) is 287. The molecule has 0 unspecified atom stereocenters. The van der Waals surface area contributed by atoms with E-state index in [0.29, 0.717) is 12.0 Å². The Morgan fingerprint density at radius 1 is 0.362 bits per heavy atom. The van der Waals surface area contributed by atoms with Crippen LogP contribution < -0.4 is 126 Å². The molecule has 0 fully saturated rings. The van der Waals surface area contributed by atoms with Crippen molar-refractivity contribution in [2.24, 2.45) is 57.5 Å². The van der Waals surface area contributed by atoms with E-state index in [9.17, 15) is 116 Å². The number of amides is 20. The first-order chi connectivity index (χ1) is 54.4. The van der Waals surface area contributed by atoms with Crippen LogP contribution in [0.15, 0.2) is 30.3 Å². The summed E-state index contributed by atoms with van der Waals surface area (Å²) in [5.41, 5.74) is 49.4. The van der Waals surface area contributed by atoms with E-state index < -0.39 is 330 Å². The zero-order valence-corrected chi connectivity index (χ0v) is 63.7. The van der Waals surface area contributed by atoms with Crippen molar-refractivity contribution >= 4 is 136 Å². The molecule has 1 aromatic rings. The van der Waals surface area contributed by atoms with Crippen molar-refractivity contribution in [3.63, 3.8) is 0 Å². The van der Waals surface area contributed by atoms with Gasteiger partial charge in [0.25, 0.3) is 0 Å². The van der Waals surface area contributed by atoms with Crippen molar-refractivity contribution in [2.45, 2.75) is 208 Å². The fourth-order valence-electron chi connectivity index (χ4n) is 10.3. The fraction of sp³-hybridized carbons (Fsp3) is 0.567. The lowest BCUT2D eigenvalue weighted by molar-refractivity contribution is -0.147. The van der Waals surface area contributed by atoms with Gasteiger partial charge in [0.05, 0.1) is 32.2 Å². The van der Waals surface area contributed by atoms with Crippen LogP contribution in [0.25, 0.3) is 0 Å². The van der Waals surface area contributed by atoms with Crippen LogP contribution in [0.2, 0.25) is 0 Å². The van der Waals surface area contributed by atoms with Crippen LogP contribution in [0, 0.1) is 11.3 Å². The predicted molar refractivity (Wildman–Crippen MR) is 400 cm³/mol. The second kappa shape index (κ2) is 52.9. The number of carbonyl (C=O) groups is 22. The van der Waals surface area contributed by atoms with Crippen molar-refractivity contribution in [3.8, 4) is 0 Å². The van der Waals surface area contributed by atoms with E-state index in [1.165, 1.54) is 12.1 Å². The summed E-state index contributed by atoms with van der Waals surface area (Å²) >= 11 is 0. The van der Waals surface area contributed by atoms with Crippen molar-refractivity contribution < 1.29 is 121 Å². The van der Waals surface area contributed by atoms with Gasteiger partial charge in [0.1, 0.15) is 66.5 Å². The number of aliphatic hydroxyl groups is 1. The van der Waals surface area contributed by atoms with Gasteiger partial charge in [0.15, 0.2) is 5.96 Å². The number of guanidine groups is 1. The van der Waals surface area contributed by atoms with Crippen LogP contribution in [-0.2, 0) is 112 Å². The third-order valence-corrected chi connectivity index (χ3v) is 17.0. The SMILES string of the molecule is CC[C@H](C)[C@H](N)C(=O)N[C@@H](CCC(N)=O)C(=O)N[C@@H](CCC(N)=O)C(=O)N[C@@H](CCC(N)=O)C(=O)N[C@@H](CCC(N)=O)C(=O)N[C@@H](CCC(N)=O)C(=O)N[C@@H](CCC(N)=O)C(=O)N[C@@H](CCC(N)=O)C(=O)N[C@@H](CO)C(=O)N[C@@H](Cc1ccccc1)C(=O)NCC(=O)N[C@@H](CCCNC(=N)N)C(=O)NCC(=O)N[C@@H](CC(=O)O)C(=O)O. The lowest BCUT2D eigenvalue weighted by Crippen LogP contribution is -2.61. The molecule has 0 aliphatic rings. The number of carbonyl (C=O) groups excluding carboxylic acids is 20. The van der Waals surface area contributed by atoms with Crippen LogP contribution in [0.3, 0.4) is 0 Å². The highest BCUT2D eigenvalue weighted by Crippen LogP contribution is 2.13. The molecule has 0 aromatic heterocycles. The van der Waals surface area contributed by atoms with Crippen molar-refractivity contribution in [1.29, 1.82) is 5.41 Å². The molecule has 0 heterocycles. The van der Waals surface area contributed by atoms with Crippen molar-refractivity contribution in [2.75, 3.05) is 26.2 Å². The van der Waals surface area contributed by atoms with Gasteiger partial charge in [-0.3, -0.25) is 106 Å². The molecule has 1 aromatic carbocycles. The Morgan fingerprint density at radius 3 is 0.922 bits per heavy atom. The monoisotopic (exact) mass is 1650 g/mol. The minimum Gasteiger partial charge on any atom is -0.481 e. The Labute approximate surface area is 662 Å². The Bertz CT molecular complexity index is 3700. The first-order valence-electron chi connectivity index (χ1n) is 36.2. The maximum Gasteiger partial charge on any atom is 0.326 e. The van der Waals surface area contributed by atoms with Gasteiger partial charge in [-0.05, 0) is 69.3 Å². The summed E-state index contributed by atoms with van der Waals surface area (Å²) < 4.78 is 0. The molecule has 116 heavy (non-hydrogen) atoms. The molecule has 49 nitrogen and oxygen atoms in total. The van der Waals surface area contributed by atoms with Gasteiger partial charge in [0.2, 0.25) is 118 Å². The van der Waals surface area contributed by atoms with E-state index in [4.69, 9.17) is 62.1 Å². The Morgan fingerprint density at radius 2 is 0.638 bits per heavy atom. The molecular formula is C67H106N24O25. The number of carboxylic acids is 2. The molecule has 36 N–H and O–H groups in total. The average molecular weight is 1650 g/mol. The lowest BCUT2D eigenvalue weighted by atomic mass is 9.98. The summed E-state index contributed by atoms with van der Waals surface area (Å²) in [5.74, 6) is -27.0. The molecule has 20 amide bonds. The van der Waals surface area contributed by atoms with Crippen LogP contribution in [0.5, 0.6) is 0 Å². The third-order valence-electron chi connectivity index (χ3n) is 17.0. The van der Waals surface area contributed by atoms with Crippen molar-refractivity contribution in [1.82, 2.24) is 74.4 Å². The van der Waals surface area contributed by atoms with Gasteiger partial charge in [-0.25, -0.2) is 4.79 Å². The van der Waals surface area contributed by atoms with Crippen LogP contribution in [0.4, 0.5) is 0 Å². The minimum atomic E-state index is -2.04. The molecule has 1 rings (SSSR count). The second-order valence-corrected chi connectivity index (χ2v) is 26.5. The predicted octanol–water partition coefficient (Wildman–Crippen LogP) is -13.2. The number of nitrogens with two attached hydrogens (primary N) is 9.